The lowest BCUT2D eigenvalue weighted by molar-refractivity contribution is 0.298. The van der Waals surface area contributed by atoms with Crippen LogP contribution in [0.2, 0.25) is 5.02 Å². The van der Waals surface area contributed by atoms with Gasteiger partial charge in [0.2, 0.25) is 0 Å². The quantitative estimate of drug-likeness (QED) is 0.518. The van der Waals surface area contributed by atoms with E-state index in [9.17, 15) is 13.6 Å². The largest absolute Gasteiger partial charge is 0.487 e. The van der Waals surface area contributed by atoms with Crippen LogP contribution in [0.25, 0.3) is 10.9 Å². The summed E-state index contributed by atoms with van der Waals surface area (Å²) in [4.78, 5) is 15.7. The molecule has 2 heterocycles. The van der Waals surface area contributed by atoms with Crippen LogP contribution in [0.3, 0.4) is 0 Å². The van der Waals surface area contributed by atoms with Crippen LogP contribution in [0.15, 0.2) is 65.7 Å². The van der Waals surface area contributed by atoms with Crippen molar-refractivity contribution in [3.8, 4) is 5.75 Å². The lowest BCUT2D eigenvalue weighted by atomic mass is 10.1. The van der Waals surface area contributed by atoms with E-state index in [1.165, 1.54) is 10.6 Å². The molecule has 7 heteroatoms. The van der Waals surface area contributed by atoms with Gasteiger partial charge in [-0.3, -0.25) is 4.79 Å². The van der Waals surface area contributed by atoms with E-state index in [0.717, 1.165) is 28.6 Å². The molecule has 4 aromatic rings. The molecule has 4 nitrogen and oxygen atoms in total. The Morgan fingerprint density at radius 1 is 1.07 bits per heavy atom. The molecule has 1 N–H and O–H groups in total. The van der Waals surface area contributed by atoms with Crippen molar-refractivity contribution in [2.24, 2.45) is 0 Å². The van der Waals surface area contributed by atoms with Crippen molar-refractivity contribution in [2.45, 2.75) is 13.2 Å². The molecule has 142 valence electrons. The average molecular weight is 401 g/mol. The molecule has 0 unspecified atom stereocenters. The Labute approximate surface area is 164 Å². The lowest BCUT2D eigenvalue weighted by Gasteiger charge is -2.12. The van der Waals surface area contributed by atoms with E-state index < -0.39 is 17.2 Å². The van der Waals surface area contributed by atoms with Gasteiger partial charge in [-0.05, 0) is 47.3 Å². The number of benzene rings is 2. The Morgan fingerprint density at radius 3 is 2.75 bits per heavy atom. The third-order valence-corrected chi connectivity index (χ3v) is 4.79. The number of hydrogen-bond acceptors (Lipinski definition) is 2. The predicted octanol–water partition coefficient (Wildman–Crippen LogP) is 4.89. The standard InChI is InChI=1S/C21H15ClF2N2O2/c22-20-19(28-12-15-2-3-16(23)10-17(15)24)6-8-26(21(20)27)11-13-1-4-18-14(9-13)5-7-25-18/h1-10,25H,11-12H2. The zero-order chi connectivity index (χ0) is 19.7. The maximum absolute atomic E-state index is 13.7. The molecule has 0 atom stereocenters. The Morgan fingerprint density at radius 2 is 1.93 bits per heavy atom. The first-order valence-corrected chi connectivity index (χ1v) is 8.91. The highest BCUT2D eigenvalue weighted by molar-refractivity contribution is 6.31. The first kappa shape index (κ1) is 18.3. The van der Waals surface area contributed by atoms with E-state index in [1.807, 2.05) is 30.5 Å². The molecule has 4 rings (SSSR count). The summed E-state index contributed by atoms with van der Waals surface area (Å²) >= 11 is 6.16. The predicted molar refractivity (Wildman–Crippen MR) is 104 cm³/mol. The molecule has 0 spiro atoms. The molecule has 28 heavy (non-hydrogen) atoms. The summed E-state index contributed by atoms with van der Waals surface area (Å²) in [6.45, 7) is 0.186. The zero-order valence-corrected chi connectivity index (χ0v) is 15.3. The number of nitrogens with one attached hydrogen (secondary N) is 1. The molecular formula is C21H15ClF2N2O2. The van der Waals surface area contributed by atoms with Crippen molar-refractivity contribution in [1.29, 1.82) is 0 Å². The van der Waals surface area contributed by atoms with E-state index >= 15 is 0 Å². The minimum absolute atomic E-state index is 0.0901. The third kappa shape index (κ3) is 3.64. The molecule has 0 saturated carbocycles. The number of halogens is 3. The van der Waals surface area contributed by atoms with Gasteiger partial charge in [-0.1, -0.05) is 17.7 Å². The SMILES string of the molecule is O=c1c(Cl)c(OCc2ccc(F)cc2F)ccn1Cc1ccc2[nH]ccc2c1. The minimum Gasteiger partial charge on any atom is -0.487 e. The van der Waals surface area contributed by atoms with Crippen LogP contribution in [0.5, 0.6) is 5.75 Å². The van der Waals surface area contributed by atoms with Crippen molar-refractivity contribution in [2.75, 3.05) is 0 Å². The van der Waals surface area contributed by atoms with Crippen molar-refractivity contribution in [3.05, 3.63) is 99.1 Å². The highest BCUT2D eigenvalue weighted by atomic mass is 35.5. The second kappa shape index (κ2) is 7.48. The summed E-state index contributed by atoms with van der Waals surface area (Å²) in [5.41, 5.74) is 1.73. The fourth-order valence-corrected chi connectivity index (χ4v) is 3.18. The van der Waals surface area contributed by atoms with Crippen molar-refractivity contribution >= 4 is 22.5 Å². The first-order valence-electron chi connectivity index (χ1n) is 8.53. The number of hydrogen-bond donors (Lipinski definition) is 1. The molecule has 0 radical (unpaired) electrons. The van der Waals surface area contributed by atoms with Crippen molar-refractivity contribution < 1.29 is 13.5 Å². The molecule has 0 aliphatic heterocycles. The number of pyridine rings is 1. The summed E-state index contributed by atoms with van der Waals surface area (Å²) in [5, 5.41) is 0.964. The molecule has 2 aromatic heterocycles. The molecule has 0 aliphatic rings. The first-order chi connectivity index (χ1) is 13.5. The monoisotopic (exact) mass is 400 g/mol. The normalized spacial score (nSPS) is 11.1. The van der Waals surface area contributed by atoms with Gasteiger partial charge in [0.25, 0.3) is 5.56 Å². The molecule has 0 bridgehead atoms. The van der Waals surface area contributed by atoms with Gasteiger partial charge < -0.3 is 14.3 Å². The van der Waals surface area contributed by atoms with Crippen LogP contribution in [-0.4, -0.2) is 9.55 Å². The Kier molecular flexibility index (Phi) is 4.88. The van der Waals surface area contributed by atoms with Gasteiger partial charge in [0, 0.05) is 29.5 Å². The second-order valence-electron chi connectivity index (χ2n) is 6.35. The Balaban J connectivity index is 1.53. The van der Waals surface area contributed by atoms with Crippen molar-refractivity contribution in [3.63, 3.8) is 0 Å². The molecule has 2 aromatic carbocycles. The molecule has 0 fully saturated rings. The van der Waals surface area contributed by atoms with Gasteiger partial charge in [0.15, 0.2) is 0 Å². The van der Waals surface area contributed by atoms with Crippen LogP contribution >= 0.6 is 11.6 Å². The summed E-state index contributed by atoms with van der Waals surface area (Å²) in [7, 11) is 0. The number of H-pyrrole nitrogens is 1. The summed E-state index contributed by atoms with van der Waals surface area (Å²) < 4.78 is 33.6. The molecule has 0 aliphatic carbocycles. The maximum Gasteiger partial charge on any atom is 0.273 e. The Hall–Kier alpha value is -3.12. The van der Waals surface area contributed by atoms with Gasteiger partial charge in [-0.2, -0.15) is 0 Å². The van der Waals surface area contributed by atoms with Crippen molar-refractivity contribution in [1.82, 2.24) is 9.55 Å². The second-order valence-corrected chi connectivity index (χ2v) is 6.73. The maximum atomic E-state index is 13.7. The molecular weight excluding hydrogens is 386 g/mol. The smallest absolute Gasteiger partial charge is 0.273 e. The zero-order valence-electron chi connectivity index (χ0n) is 14.6. The fraction of sp³-hybridized carbons (Fsp3) is 0.0952. The van der Waals surface area contributed by atoms with Crippen LogP contribution in [0, 0.1) is 11.6 Å². The summed E-state index contributed by atoms with van der Waals surface area (Å²) in [6, 6.07) is 12.6. The lowest BCUT2D eigenvalue weighted by Crippen LogP contribution is -2.21. The number of nitrogens with zero attached hydrogens (tertiary/aromatic N) is 1. The third-order valence-electron chi connectivity index (χ3n) is 4.44. The van der Waals surface area contributed by atoms with Crippen LogP contribution in [0.1, 0.15) is 11.1 Å². The highest BCUT2D eigenvalue weighted by Crippen LogP contribution is 2.22. The number of fused-ring (bicyclic) bond motifs is 1. The van der Waals surface area contributed by atoms with E-state index in [2.05, 4.69) is 4.98 Å². The number of rotatable bonds is 5. The number of ether oxygens (including phenoxy) is 1. The fourth-order valence-electron chi connectivity index (χ4n) is 2.96. The topological polar surface area (TPSA) is 47.0 Å². The van der Waals surface area contributed by atoms with Crippen LogP contribution in [-0.2, 0) is 13.2 Å². The number of aromatic amines is 1. The van der Waals surface area contributed by atoms with Gasteiger partial charge in [-0.15, -0.1) is 0 Å². The van der Waals surface area contributed by atoms with Gasteiger partial charge in [0.1, 0.15) is 29.0 Å². The van der Waals surface area contributed by atoms with E-state index in [-0.39, 0.29) is 22.9 Å². The van der Waals surface area contributed by atoms with E-state index in [1.54, 1.807) is 12.3 Å². The van der Waals surface area contributed by atoms with E-state index in [4.69, 9.17) is 16.3 Å². The summed E-state index contributed by atoms with van der Waals surface area (Å²) in [5.74, 6) is -1.24. The van der Waals surface area contributed by atoms with Gasteiger partial charge in [0.05, 0.1) is 6.54 Å². The van der Waals surface area contributed by atoms with Crippen LogP contribution < -0.4 is 10.3 Å². The Bertz CT molecular complexity index is 1220. The van der Waals surface area contributed by atoms with Gasteiger partial charge >= 0.3 is 0 Å². The molecule has 0 saturated heterocycles. The molecule has 0 amide bonds. The van der Waals surface area contributed by atoms with Gasteiger partial charge in [-0.25, -0.2) is 8.78 Å². The number of aromatic nitrogens is 2. The average Bonchev–Trinajstić information content (AvgIpc) is 3.14. The highest BCUT2D eigenvalue weighted by Gasteiger charge is 2.12. The summed E-state index contributed by atoms with van der Waals surface area (Å²) in [6.07, 6.45) is 3.43. The minimum atomic E-state index is -0.718. The van der Waals surface area contributed by atoms with Crippen LogP contribution in [0.4, 0.5) is 8.78 Å². The van der Waals surface area contributed by atoms with E-state index in [0.29, 0.717) is 6.54 Å².